The van der Waals surface area contributed by atoms with Crippen LogP contribution in [-0.2, 0) is 4.79 Å². The van der Waals surface area contributed by atoms with Crippen LogP contribution in [0, 0.1) is 0 Å². The third-order valence-electron chi connectivity index (χ3n) is 3.49. The lowest BCUT2D eigenvalue weighted by atomic mass is 10.1. The number of ketones is 1. The molecule has 2 aromatic carbocycles. The van der Waals surface area contributed by atoms with Crippen LogP contribution in [0.5, 0.6) is 0 Å². The van der Waals surface area contributed by atoms with Crippen LogP contribution in [0.2, 0.25) is 5.02 Å². The number of benzene rings is 2. The maximum atomic E-state index is 12.0. The second-order valence-electron chi connectivity index (χ2n) is 5.31. The van der Waals surface area contributed by atoms with E-state index in [1.165, 1.54) is 6.92 Å². The minimum atomic E-state index is -0.176. The van der Waals surface area contributed by atoms with Crippen molar-refractivity contribution >= 4 is 29.0 Å². The number of carbonyl (C=O) groups excluding carboxylic acids is 2. The molecule has 2 N–H and O–H groups in total. The van der Waals surface area contributed by atoms with Gasteiger partial charge in [-0.1, -0.05) is 41.9 Å². The largest absolute Gasteiger partial charge is 0.325 e. The minimum absolute atomic E-state index is 0.0356. The van der Waals surface area contributed by atoms with Crippen LogP contribution in [0.25, 0.3) is 0 Å². The molecule has 0 aliphatic carbocycles. The highest BCUT2D eigenvalue weighted by Crippen LogP contribution is 2.21. The van der Waals surface area contributed by atoms with Crippen LogP contribution in [0.15, 0.2) is 48.5 Å². The SMILES string of the molecule is CC(=O)c1cccc(NC(=O)CN[C@@H](C)c2ccccc2Cl)c1. The Morgan fingerprint density at radius 3 is 2.57 bits per heavy atom. The lowest BCUT2D eigenvalue weighted by Gasteiger charge is -2.15. The van der Waals surface area contributed by atoms with Gasteiger partial charge in [-0.2, -0.15) is 0 Å². The third kappa shape index (κ3) is 4.91. The zero-order valence-corrected chi connectivity index (χ0v) is 13.9. The number of hydrogen-bond donors (Lipinski definition) is 2. The van der Waals surface area contributed by atoms with Gasteiger partial charge in [0.05, 0.1) is 6.54 Å². The number of Topliss-reactive ketones (excluding diaryl/α,β-unsaturated/α-hetero) is 1. The Bertz CT molecular complexity index is 716. The van der Waals surface area contributed by atoms with Crippen LogP contribution >= 0.6 is 11.6 Å². The van der Waals surface area contributed by atoms with Crippen molar-refractivity contribution < 1.29 is 9.59 Å². The molecule has 0 aromatic heterocycles. The molecular weight excluding hydrogens is 312 g/mol. The van der Waals surface area contributed by atoms with Gasteiger partial charge in [-0.15, -0.1) is 0 Å². The number of hydrogen-bond acceptors (Lipinski definition) is 3. The molecule has 23 heavy (non-hydrogen) atoms. The van der Waals surface area contributed by atoms with Crippen molar-refractivity contribution in [3.05, 3.63) is 64.7 Å². The van der Waals surface area contributed by atoms with E-state index in [1.54, 1.807) is 24.3 Å². The van der Waals surface area contributed by atoms with Gasteiger partial charge < -0.3 is 10.6 Å². The third-order valence-corrected chi connectivity index (χ3v) is 3.84. The van der Waals surface area contributed by atoms with E-state index in [-0.39, 0.29) is 24.3 Å². The highest BCUT2D eigenvalue weighted by atomic mass is 35.5. The number of carbonyl (C=O) groups is 2. The van der Waals surface area contributed by atoms with E-state index in [0.29, 0.717) is 16.3 Å². The molecule has 2 aromatic rings. The molecule has 0 bridgehead atoms. The molecule has 1 atom stereocenters. The van der Waals surface area contributed by atoms with Gasteiger partial charge in [0.15, 0.2) is 5.78 Å². The van der Waals surface area contributed by atoms with E-state index in [1.807, 2.05) is 31.2 Å². The summed E-state index contributed by atoms with van der Waals surface area (Å²) in [6, 6.07) is 14.4. The normalized spacial score (nSPS) is 11.8. The van der Waals surface area contributed by atoms with Gasteiger partial charge in [0, 0.05) is 22.3 Å². The van der Waals surface area contributed by atoms with E-state index in [9.17, 15) is 9.59 Å². The highest BCUT2D eigenvalue weighted by Gasteiger charge is 2.11. The predicted octanol–water partition coefficient (Wildman–Crippen LogP) is 3.83. The summed E-state index contributed by atoms with van der Waals surface area (Å²) in [5, 5.41) is 6.57. The maximum absolute atomic E-state index is 12.0. The molecule has 0 fully saturated rings. The summed E-state index contributed by atoms with van der Waals surface area (Å²) in [4.78, 5) is 23.4. The molecule has 0 aliphatic heterocycles. The van der Waals surface area contributed by atoms with Crippen molar-refractivity contribution in [1.29, 1.82) is 0 Å². The first-order valence-electron chi connectivity index (χ1n) is 7.36. The van der Waals surface area contributed by atoms with Gasteiger partial charge in [-0.25, -0.2) is 0 Å². The number of rotatable bonds is 6. The highest BCUT2D eigenvalue weighted by molar-refractivity contribution is 6.31. The zero-order valence-electron chi connectivity index (χ0n) is 13.1. The lowest BCUT2D eigenvalue weighted by Crippen LogP contribution is -2.30. The molecule has 1 amide bonds. The molecule has 0 heterocycles. The molecule has 5 heteroatoms. The number of halogens is 1. The minimum Gasteiger partial charge on any atom is -0.325 e. The van der Waals surface area contributed by atoms with E-state index >= 15 is 0 Å². The fourth-order valence-corrected chi connectivity index (χ4v) is 2.50. The summed E-state index contributed by atoms with van der Waals surface area (Å²) in [5.41, 5.74) is 2.12. The smallest absolute Gasteiger partial charge is 0.238 e. The molecular formula is C18H19ClN2O2. The van der Waals surface area contributed by atoms with Crippen molar-refractivity contribution in [2.75, 3.05) is 11.9 Å². The van der Waals surface area contributed by atoms with Crippen LogP contribution in [0.4, 0.5) is 5.69 Å². The average Bonchev–Trinajstić information content (AvgIpc) is 2.53. The number of anilines is 1. The molecule has 2 rings (SSSR count). The molecule has 4 nitrogen and oxygen atoms in total. The summed E-state index contributed by atoms with van der Waals surface area (Å²) in [7, 11) is 0. The quantitative estimate of drug-likeness (QED) is 0.791. The summed E-state index contributed by atoms with van der Waals surface area (Å²) in [6.45, 7) is 3.59. The standard InChI is InChI=1S/C18H19ClN2O2/c1-12(16-8-3-4-9-17(16)19)20-11-18(23)21-15-7-5-6-14(10-15)13(2)22/h3-10,12,20H,11H2,1-2H3,(H,21,23)/t12-/m0/s1. The van der Waals surface area contributed by atoms with Crippen LogP contribution in [-0.4, -0.2) is 18.2 Å². The Morgan fingerprint density at radius 1 is 1.13 bits per heavy atom. The predicted molar refractivity (Wildman–Crippen MR) is 92.9 cm³/mol. The van der Waals surface area contributed by atoms with Crippen molar-refractivity contribution in [1.82, 2.24) is 5.32 Å². The Kier molecular flexibility index (Phi) is 5.90. The van der Waals surface area contributed by atoms with Gasteiger partial charge in [0.1, 0.15) is 0 Å². The monoisotopic (exact) mass is 330 g/mol. The van der Waals surface area contributed by atoms with Gasteiger partial charge in [0.25, 0.3) is 0 Å². The Labute approximate surface area is 140 Å². The second kappa shape index (κ2) is 7.90. The van der Waals surface area contributed by atoms with Crippen LogP contribution < -0.4 is 10.6 Å². The van der Waals surface area contributed by atoms with Crippen LogP contribution in [0.1, 0.15) is 35.8 Å². The van der Waals surface area contributed by atoms with Crippen molar-refractivity contribution in [2.24, 2.45) is 0 Å². The molecule has 0 radical (unpaired) electrons. The molecule has 0 aliphatic rings. The summed E-state index contributed by atoms with van der Waals surface area (Å²) >= 11 is 6.14. The van der Waals surface area contributed by atoms with E-state index < -0.39 is 0 Å². The Hall–Kier alpha value is -2.17. The molecule has 0 saturated heterocycles. The zero-order chi connectivity index (χ0) is 16.8. The maximum Gasteiger partial charge on any atom is 0.238 e. The van der Waals surface area contributed by atoms with Crippen molar-refractivity contribution in [3.63, 3.8) is 0 Å². The van der Waals surface area contributed by atoms with Crippen molar-refractivity contribution in [3.8, 4) is 0 Å². The molecule has 0 unspecified atom stereocenters. The molecule has 0 spiro atoms. The van der Waals surface area contributed by atoms with Crippen LogP contribution in [0.3, 0.4) is 0 Å². The first kappa shape index (κ1) is 17.2. The van der Waals surface area contributed by atoms with E-state index in [4.69, 9.17) is 11.6 Å². The number of amides is 1. The Balaban J connectivity index is 1.91. The first-order chi connectivity index (χ1) is 11.0. The summed E-state index contributed by atoms with van der Waals surface area (Å²) in [6.07, 6.45) is 0. The van der Waals surface area contributed by atoms with Gasteiger partial charge >= 0.3 is 0 Å². The van der Waals surface area contributed by atoms with E-state index in [0.717, 1.165) is 5.56 Å². The summed E-state index contributed by atoms with van der Waals surface area (Å²) in [5.74, 6) is -0.212. The fourth-order valence-electron chi connectivity index (χ4n) is 2.20. The van der Waals surface area contributed by atoms with Gasteiger partial charge in [0.2, 0.25) is 5.91 Å². The lowest BCUT2D eigenvalue weighted by molar-refractivity contribution is -0.115. The molecule has 0 saturated carbocycles. The van der Waals surface area contributed by atoms with E-state index in [2.05, 4.69) is 10.6 Å². The first-order valence-corrected chi connectivity index (χ1v) is 7.74. The van der Waals surface area contributed by atoms with Gasteiger partial charge in [-0.05, 0) is 37.6 Å². The topological polar surface area (TPSA) is 58.2 Å². The van der Waals surface area contributed by atoms with Gasteiger partial charge in [-0.3, -0.25) is 9.59 Å². The Morgan fingerprint density at radius 2 is 1.87 bits per heavy atom. The number of nitrogens with one attached hydrogen (secondary N) is 2. The second-order valence-corrected chi connectivity index (χ2v) is 5.72. The summed E-state index contributed by atoms with van der Waals surface area (Å²) < 4.78 is 0. The molecule has 120 valence electrons. The fraction of sp³-hybridized carbons (Fsp3) is 0.222. The van der Waals surface area contributed by atoms with Crippen molar-refractivity contribution in [2.45, 2.75) is 19.9 Å². The average molecular weight is 331 g/mol.